The van der Waals surface area contributed by atoms with E-state index in [2.05, 4.69) is 6.07 Å². The lowest BCUT2D eigenvalue weighted by Gasteiger charge is -2.26. The van der Waals surface area contributed by atoms with Crippen molar-refractivity contribution in [3.8, 4) is 0 Å². The number of sulfonamides is 1. The van der Waals surface area contributed by atoms with Crippen molar-refractivity contribution in [1.29, 1.82) is 0 Å². The Hall–Kier alpha value is -1.07. The molecule has 2 aromatic rings. The molecule has 3 rings (SSSR count). The lowest BCUT2D eigenvalue weighted by atomic mass is 10.0. The number of halogens is 2. The van der Waals surface area contributed by atoms with Crippen molar-refractivity contribution in [1.82, 2.24) is 4.31 Å². The number of hydrogen-bond donors (Lipinski definition) is 0. The highest BCUT2D eigenvalue weighted by Gasteiger charge is 2.30. The number of aryl methyl sites for hydroxylation is 1. The SMILES string of the molecule is CC1CCc2ccccc2CN1S(=O)(=O)Cc1ccc(Cl)c(Cl)c1. The van der Waals surface area contributed by atoms with E-state index in [1.54, 1.807) is 22.5 Å². The molecule has 0 aliphatic carbocycles. The molecule has 24 heavy (non-hydrogen) atoms. The molecule has 1 unspecified atom stereocenters. The van der Waals surface area contributed by atoms with Gasteiger partial charge in [0.25, 0.3) is 0 Å². The Labute approximate surface area is 153 Å². The summed E-state index contributed by atoms with van der Waals surface area (Å²) in [6, 6.07) is 13.0. The molecule has 128 valence electrons. The van der Waals surface area contributed by atoms with Crippen LogP contribution in [0.2, 0.25) is 10.0 Å². The minimum atomic E-state index is -3.45. The molecule has 0 bridgehead atoms. The first-order chi connectivity index (χ1) is 11.4. The minimum Gasteiger partial charge on any atom is -0.212 e. The zero-order valence-electron chi connectivity index (χ0n) is 13.4. The fourth-order valence-corrected chi connectivity index (χ4v) is 5.16. The van der Waals surface area contributed by atoms with Gasteiger partial charge in [-0.05, 0) is 48.6 Å². The third kappa shape index (κ3) is 3.77. The van der Waals surface area contributed by atoms with Crippen molar-refractivity contribution in [3.05, 3.63) is 69.2 Å². The maximum atomic E-state index is 13.0. The van der Waals surface area contributed by atoms with Crippen LogP contribution in [0.1, 0.15) is 30.0 Å². The van der Waals surface area contributed by atoms with Crippen LogP contribution >= 0.6 is 23.2 Å². The highest BCUT2D eigenvalue weighted by Crippen LogP contribution is 2.28. The van der Waals surface area contributed by atoms with Gasteiger partial charge < -0.3 is 0 Å². The van der Waals surface area contributed by atoms with Crippen molar-refractivity contribution in [2.24, 2.45) is 0 Å². The van der Waals surface area contributed by atoms with Crippen LogP contribution in [0.3, 0.4) is 0 Å². The molecule has 1 aliphatic heterocycles. The van der Waals surface area contributed by atoms with E-state index in [1.165, 1.54) is 5.56 Å². The Morgan fingerprint density at radius 2 is 1.79 bits per heavy atom. The van der Waals surface area contributed by atoms with Crippen LogP contribution in [-0.2, 0) is 28.7 Å². The Morgan fingerprint density at radius 1 is 1.08 bits per heavy atom. The van der Waals surface area contributed by atoms with Gasteiger partial charge in [0.15, 0.2) is 0 Å². The van der Waals surface area contributed by atoms with E-state index >= 15 is 0 Å². The summed E-state index contributed by atoms with van der Waals surface area (Å²) in [7, 11) is -3.45. The Bertz CT molecular complexity index is 852. The van der Waals surface area contributed by atoms with Crippen molar-refractivity contribution < 1.29 is 8.42 Å². The molecule has 0 fully saturated rings. The molecular weight excluding hydrogens is 365 g/mol. The second-order valence-electron chi connectivity index (χ2n) is 6.21. The Kier molecular flexibility index (Phi) is 5.21. The van der Waals surface area contributed by atoms with Crippen molar-refractivity contribution in [2.75, 3.05) is 0 Å². The van der Waals surface area contributed by atoms with Gasteiger partial charge in [-0.15, -0.1) is 0 Å². The summed E-state index contributed by atoms with van der Waals surface area (Å²) in [5.74, 6) is -0.0730. The van der Waals surface area contributed by atoms with Gasteiger partial charge in [-0.2, -0.15) is 4.31 Å². The number of benzene rings is 2. The second-order valence-corrected chi connectivity index (χ2v) is 8.94. The summed E-state index contributed by atoms with van der Waals surface area (Å²) < 4.78 is 27.6. The molecule has 6 heteroatoms. The predicted molar refractivity (Wildman–Crippen MR) is 98.9 cm³/mol. The summed E-state index contributed by atoms with van der Waals surface area (Å²) in [5.41, 5.74) is 2.96. The predicted octanol–water partition coefficient (Wildman–Crippen LogP) is 4.66. The van der Waals surface area contributed by atoms with E-state index in [4.69, 9.17) is 23.2 Å². The average molecular weight is 384 g/mol. The summed E-state index contributed by atoms with van der Waals surface area (Å²) >= 11 is 11.9. The van der Waals surface area contributed by atoms with E-state index < -0.39 is 10.0 Å². The third-order valence-corrected chi connectivity index (χ3v) is 7.10. The van der Waals surface area contributed by atoms with E-state index in [1.807, 2.05) is 25.1 Å². The van der Waals surface area contributed by atoms with Crippen LogP contribution in [0.4, 0.5) is 0 Å². The molecule has 0 N–H and O–H groups in total. The van der Waals surface area contributed by atoms with E-state index in [-0.39, 0.29) is 11.8 Å². The summed E-state index contributed by atoms with van der Waals surface area (Å²) in [5, 5.41) is 0.800. The zero-order valence-corrected chi connectivity index (χ0v) is 15.7. The molecule has 1 heterocycles. The van der Waals surface area contributed by atoms with Gasteiger partial charge in [0, 0.05) is 12.6 Å². The largest absolute Gasteiger partial charge is 0.218 e. The van der Waals surface area contributed by atoms with Crippen LogP contribution in [0.5, 0.6) is 0 Å². The fraction of sp³-hybridized carbons (Fsp3) is 0.333. The standard InChI is InChI=1S/C18H19Cl2NO2S/c1-13-6-8-15-4-2-3-5-16(15)11-21(13)24(22,23)12-14-7-9-17(19)18(20)10-14/h2-5,7,9-10,13H,6,8,11-12H2,1H3. The topological polar surface area (TPSA) is 37.4 Å². The quantitative estimate of drug-likeness (QED) is 0.772. The molecule has 0 saturated carbocycles. The number of nitrogens with zero attached hydrogens (tertiary/aromatic N) is 1. The number of fused-ring (bicyclic) bond motifs is 1. The number of rotatable bonds is 3. The molecule has 3 nitrogen and oxygen atoms in total. The normalized spacial score (nSPS) is 18.9. The van der Waals surface area contributed by atoms with Gasteiger partial charge in [0.05, 0.1) is 15.8 Å². The summed E-state index contributed by atoms with van der Waals surface area (Å²) in [6.45, 7) is 2.39. The lowest BCUT2D eigenvalue weighted by molar-refractivity contribution is 0.325. The van der Waals surface area contributed by atoms with Gasteiger partial charge in [0.1, 0.15) is 0 Å². The van der Waals surface area contributed by atoms with Gasteiger partial charge in [-0.25, -0.2) is 8.42 Å². The molecule has 0 saturated heterocycles. The molecule has 0 amide bonds. The van der Waals surface area contributed by atoms with Crippen molar-refractivity contribution in [3.63, 3.8) is 0 Å². The van der Waals surface area contributed by atoms with Crippen LogP contribution < -0.4 is 0 Å². The summed E-state index contributed by atoms with van der Waals surface area (Å²) in [4.78, 5) is 0. The molecule has 2 aromatic carbocycles. The van der Waals surface area contributed by atoms with Crippen LogP contribution in [0, 0.1) is 0 Å². The Morgan fingerprint density at radius 3 is 2.50 bits per heavy atom. The van der Waals surface area contributed by atoms with Gasteiger partial charge >= 0.3 is 0 Å². The number of hydrogen-bond acceptors (Lipinski definition) is 2. The van der Waals surface area contributed by atoms with Crippen LogP contribution in [0.15, 0.2) is 42.5 Å². The Balaban J connectivity index is 1.89. The molecule has 1 atom stereocenters. The maximum Gasteiger partial charge on any atom is 0.218 e. The highest BCUT2D eigenvalue weighted by atomic mass is 35.5. The first-order valence-corrected chi connectivity index (χ1v) is 10.2. The molecule has 0 spiro atoms. The molecule has 0 aromatic heterocycles. The molecule has 0 radical (unpaired) electrons. The van der Waals surface area contributed by atoms with Crippen molar-refractivity contribution >= 4 is 33.2 Å². The fourth-order valence-electron chi connectivity index (χ4n) is 3.08. The van der Waals surface area contributed by atoms with Crippen LogP contribution in [-0.4, -0.2) is 18.8 Å². The third-order valence-electron chi connectivity index (χ3n) is 4.46. The second kappa shape index (κ2) is 7.04. The zero-order chi connectivity index (χ0) is 17.3. The van der Waals surface area contributed by atoms with Gasteiger partial charge in [-0.3, -0.25) is 0 Å². The molecular formula is C18H19Cl2NO2S. The minimum absolute atomic E-state index is 0.0369. The van der Waals surface area contributed by atoms with Crippen molar-refractivity contribution in [2.45, 2.75) is 38.1 Å². The van der Waals surface area contributed by atoms with Gasteiger partial charge in [-0.1, -0.05) is 53.5 Å². The first-order valence-electron chi connectivity index (χ1n) is 7.87. The highest BCUT2D eigenvalue weighted by molar-refractivity contribution is 7.88. The van der Waals surface area contributed by atoms with Gasteiger partial charge in [0.2, 0.25) is 10.0 Å². The maximum absolute atomic E-state index is 13.0. The van der Waals surface area contributed by atoms with E-state index in [0.717, 1.165) is 18.4 Å². The first kappa shape index (κ1) is 17.7. The monoisotopic (exact) mass is 383 g/mol. The average Bonchev–Trinajstić information content (AvgIpc) is 2.71. The van der Waals surface area contributed by atoms with E-state index in [0.29, 0.717) is 22.2 Å². The lowest BCUT2D eigenvalue weighted by Crippen LogP contribution is -2.38. The smallest absolute Gasteiger partial charge is 0.212 e. The van der Waals surface area contributed by atoms with Crippen LogP contribution in [0.25, 0.3) is 0 Å². The van der Waals surface area contributed by atoms with E-state index in [9.17, 15) is 8.42 Å². The summed E-state index contributed by atoms with van der Waals surface area (Å²) in [6.07, 6.45) is 1.72. The molecule has 1 aliphatic rings.